The predicted molar refractivity (Wildman–Crippen MR) is 93.7 cm³/mol. The van der Waals surface area contributed by atoms with Crippen LogP contribution in [0.15, 0.2) is 53.3 Å². The molecule has 26 heavy (non-hydrogen) atoms. The number of carbonyl (C=O) groups is 1. The molecule has 0 saturated carbocycles. The molecule has 0 radical (unpaired) electrons. The summed E-state index contributed by atoms with van der Waals surface area (Å²) < 4.78 is 32.1. The molecule has 136 valence electrons. The fourth-order valence-electron chi connectivity index (χ4n) is 2.60. The van der Waals surface area contributed by atoms with Gasteiger partial charge in [0.15, 0.2) is 0 Å². The molecule has 0 aliphatic carbocycles. The Kier molecular flexibility index (Phi) is 4.69. The van der Waals surface area contributed by atoms with Crippen LogP contribution in [0, 0.1) is 0 Å². The van der Waals surface area contributed by atoms with Crippen LogP contribution in [0.3, 0.4) is 0 Å². The zero-order valence-corrected chi connectivity index (χ0v) is 14.3. The molecule has 6 nitrogen and oxygen atoms in total. The number of carbonyl (C=O) groups excluding carboxylic acids is 1. The first kappa shape index (κ1) is 17.9. The Bertz CT molecular complexity index is 1010. The monoisotopic (exact) mass is 381 g/mol. The van der Waals surface area contributed by atoms with Gasteiger partial charge in [-0.05, 0) is 36.4 Å². The van der Waals surface area contributed by atoms with Crippen LogP contribution in [0.2, 0.25) is 0 Å². The Hall–Kier alpha value is -2.87. The second-order valence-electron chi connectivity index (χ2n) is 5.54. The van der Waals surface area contributed by atoms with Crippen LogP contribution < -0.4 is 15.7 Å². The molecule has 0 bridgehead atoms. The zero-order chi connectivity index (χ0) is 18.9. The summed E-state index contributed by atoms with van der Waals surface area (Å²) in [7, 11) is 1.63. The van der Waals surface area contributed by atoms with Crippen molar-refractivity contribution in [1.29, 1.82) is 0 Å². The Morgan fingerprint density at radius 1 is 1.15 bits per heavy atom. The van der Waals surface area contributed by atoms with Crippen molar-refractivity contribution in [2.45, 2.75) is 12.1 Å². The maximum absolute atomic E-state index is 12.6. The molecule has 1 heterocycles. The number of benzene rings is 2. The van der Waals surface area contributed by atoms with Crippen molar-refractivity contribution in [2.75, 3.05) is 5.32 Å². The van der Waals surface area contributed by atoms with E-state index in [9.17, 15) is 18.4 Å². The van der Waals surface area contributed by atoms with Crippen LogP contribution in [0.4, 0.5) is 14.5 Å². The standard InChI is InChI=1S/C17H14ClF2N3O3/c1-22-13-4-2-3-5-14(13)23(16(22)25)10-15(24)21-11-6-8-12(9-7-11)26-17(18,19)20/h2-9H,10H2,1H3,(H,21,24). The van der Waals surface area contributed by atoms with Crippen molar-refractivity contribution >= 4 is 34.2 Å². The SMILES string of the molecule is Cn1c(=O)n(CC(=O)Nc2ccc(OC(F)(F)Cl)cc2)c2ccccc21. The lowest BCUT2D eigenvalue weighted by Gasteiger charge is -2.11. The third-order valence-electron chi connectivity index (χ3n) is 3.73. The largest absolute Gasteiger partial charge is 0.487 e. The van der Waals surface area contributed by atoms with E-state index in [0.29, 0.717) is 16.7 Å². The number of imidazole rings is 1. The molecule has 0 aliphatic heterocycles. The van der Waals surface area contributed by atoms with E-state index in [-0.39, 0.29) is 18.0 Å². The molecule has 1 aromatic heterocycles. The van der Waals surface area contributed by atoms with Crippen LogP contribution in [-0.2, 0) is 18.4 Å². The van der Waals surface area contributed by atoms with E-state index in [1.165, 1.54) is 33.4 Å². The molecule has 0 fully saturated rings. The normalized spacial score (nSPS) is 11.5. The number of ether oxygens (including phenoxy) is 1. The average molecular weight is 382 g/mol. The van der Waals surface area contributed by atoms with Gasteiger partial charge >= 0.3 is 11.3 Å². The van der Waals surface area contributed by atoms with Gasteiger partial charge in [0.2, 0.25) is 5.91 Å². The van der Waals surface area contributed by atoms with Crippen LogP contribution in [0.25, 0.3) is 11.0 Å². The predicted octanol–water partition coefficient (Wildman–Crippen LogP) is 3.15. The van der Waals surface area contributed by atoms with Gasteiger partial charge < -0.3 is 10.1 Å². The molecular weight excluding hydrogens is 368 g/mol. The lowest BCUT2D eigenvalue weighted by atomic mass is 10.3. The summed E-state index contributed by atoms with van der Waals surface area (Å²) in [5, 5.41) is 2.60. The van der Waals surface area contributed by atoms with E-state index in [1.54, 1.807) is 31.3 Å². The minimum absolute atomic E-state index is 0.145. The topological polar surface area (TPSA) is 65.3 Å². The third kappa shape index (κ3) is 3.85. The van der Waals surface area contributed by atoms with E-state index in [0.717, 1.165) is 0 Å². The number of nitrogens with zero attached hydrogens (tertiary/aromatic N) is 2. The molecule has 9 heteroatoms. The number of nitrogens with one attached hydrogen (secondary N) is 1. The quantitative estimate of drug-likeness (QED) is 0.690. The second kappa shape index (κ2) is 6.80. The summed E-state index contributed by atoms with van der Waals surface area (Å²) in [6.45, 7) is -0.182. The highest BCUT2D eigenvalue weighted by molar-refractivity contribution is 6.20. The van der Waals surface area contributed by atoms with Gasteiger partial charge in [-0.15, -0.1) is 8.78 Å². The minimum Gasteiger partial charge on any atom is -0.420 e. The fraction of sp³-hybridized carbons (Fsp3) is 0.176. The Balaban J connectivity index is 1.74. The number of alkyl halides is 3. The molecule has 2 aromatic carbocycles. The van der Waals surface area contributed by atoms with Crippen molar-refractivity contribution in [3.05, 3.63) is 59.0 Å². The van der Waals surface area contributed by atoms with Gasteiger partial charge in [-0.3, -0.25) is 13.9 Å². The van der Waals surface area contributed by atoms with Crippen LogP contribution in [0.5, 0.6) is 5.75 Å². The van der Waals surface area contributed by atoms with E-state index in [2.05, 4.69) is 21.7 Å². The molecule has 3 aromatic rings. The zero-order valence-electron chi connectivity index (χ0n) is 13.6. The third-order valence-corrected chi connectivity index (χ3v) is 3.80. The van der Waals surface area contributed by atoms with Gasteiger partial charge in [0.25, 0.3) is 0 Å². The number of fused-ring (bicyclic) bond motifs is 1. The van der Waals surface area contributed by atoms with E-state index < -0.39 is 11.5 Å². The molecule has 0 unspecified atom stereocenters. The minimum atomic E-state index is -3.81. The number of hydrogen-bond donors (Lipinski definition) is 1. The highest BCUT2D eigenvalue weighted by Gasteiger charge is 2.27. The summed E-state index contributed by atoms with van der Waals surface area (Å²) in [6.07, 6.45) is 0. The molecule has 0 saturated heterocycles. The highest BCUT2D eigenvalue weighted by Crippen LogP contribution is 2.25. The first-order chi connectivity index (χ1) is 12.2. The molecular formula is C17H14ClF2N3O3. The smallest absolute Gasteiger partial charge is 0.420 e. The van der Waals surface area contributed by atoms with Gasteiger partial charge in [-0.2, -0.15) is 0 Å². The lowest BCUT2D eigenvalue weighted by molar-refractivity contribution is -0.116. The summed E-state index contributed by atoms with van der Waals surface area (Å²) in [5.41, 5.74) is -2.39. The Morgan fingerprint density at radius 3 is 2.38 bits per heavy atom. The van der Waals surface area contributed by atoms with Gasteiger partial charge in [-0.25, -0.2) is 4.79 Å². The number of rotatable bonds is 5. The average Bonchev–Trinajstić information content (AvgIpc) is 2.81. The highest BCUT2D eigenvalue weighted by atomic mass is 35.5. The van der Waals surface area contributed by atoms with Crippen molar-refractivity contribution in [3.63, 3.8) is 0 Å². The summed E-state index contributed by atoms with van der Waals surface area (Å²) in [4.78, 5) is 24.5. The van der Waals surface area contributed by atoms with Gasteiger partial charge in [-0.1, -0.05) is 12.1 Å². The first-order valence-electron chi connectivity index (χ1n) is 7.54. The van der Waals surface area contributed by atoms with Crippen LogP contribution in [-0.4, -0.2) is 20.6 Å². The summed E-state index contributed by atoms with van der Waals surface area (Å²) >= 11 is 4.69. The maximum Gasteiger partial charge on any atom is 0.487 e. The van der Waals surface area contributed by atoms with Crippen molar-refractivity contribution in [1.82, 2.24) is 9.13 Å². The number of aromatic nitrogens is 2. The molecule has 1 amide bonds. The number of para-hydroxylation sites is 2. The number of halogens is 3. The molecule has 0 atom stereocenters. The van der Waals surface area contributed by atoms with Crippen molar-refractivity contribution < 1.29 is 18.3 Å². The summed E-state index contributed by atoms with van der Waals surface area (Å²) in [6, 6.07) is 12.4. The Morgan fingerprint density at radius 2 is 1.77 bits per heavy atom. The molecule has 0 spiro atoms. The molecule has 3 rings (SSSR count). The van der Waals surface area contributed by atoms with E-state index >= 15 is 0 Å². The number of amides is 1. The summed E-state index contributed by atoms with van der Waals surface area (Å²) in [5.74, 6) is -0.576. The first-order valence-corrected chi connectivity index (χ1v) is 7.92. The van der Waals surface area contributed by atoms with E-state index in [4.69, 9.17) is 0 Å². The molecule has 1 N–H and O–H groups in total. The van der Waals surface area contributed by atoms with Crippen molar-refractivity contribution in [2.24, 2.45) is 7.05 Å². The number of aryl methyl sites for hydroxylation is 1. The fourth-order valence-corrected chi connectivity index (χ4v) is 2.69. The van der Waals surface area contributed by atoms with Crippen molar-refractivity contribution in [3.8, 4) is 5.75 Å². The second-order valence-corrected chi connectivity index (χ2v) is 5.98. The van der Waals surface area contributed by atoms with Gasteiger partial charge in [0.05, 0.1) is 11.0 Å². The number of hydrogen-bond acceptors (Lipinski definition) is 3. The van der Waals surface area contributed by atoms with Crippen LogP contribution >= 0.6 is 11.6 Å². The number of anilines is 1. The maximum atomic E-state index is 12.6. The lowest BCUT2D eigenvalue weighted by Crippen LogP contribution is -2.28. The van der Waals surface area contributed by atoms with Gasteiger partial charge in [0.1, 0.15) is 12.3 Å². The molecule has 0 aliphatic rings. The van der Waals surface area contributed by atoms with Gasteiger partial charge in [0, 0.05) is 24.3 Å². The van der Waals surface area contributed by atoms with E-state index in [1.807, 2.05) is 0 Å². The van der Waals surface area contributed by atoms with Crippen LogP contribution in [0.1, 0.15) is 0 Å². The Labute approximate surface area is 151 Å².